The third-order valence-electron chi connectivity index (χ3n) is 8.13. The van der Waals surface area contributed by atoms with Crippen LogP contribution in [0.5, 0.6) is 0 Å². The molecular weight excluding hydrogens is 440 g/mol. The first-order chi connectivity index (χ1) is 17.4. The van der Waals surface area contributed by atoms with E-state index in [0.717, 1.165) is 0 Å². The van der Waals surface area contributed by atoms with Gasteiger partial charge in [-0.1, -0.05) is 169 Å². The molecule has 0 amide bonds. The molecule has 2 heteroatoms. The van der Waals surface area contributed by atoms with Crippen LogP contribution in [0, 0.1) is 11.8 Å². The van der Waals surface area contributed by atoms with Crippen LogP contribution in [0.2, 0.25) is 0 Å². The molecule has 214 valence electrons. The molecule has 0 rings (SSSR count). The van der Waals surface area contributed by atoms with Gasteiger partial charge in [-0.2, -0.15) is 0 Å². The summed E-state index contributed by atoms with van der Waals surface area (Å²) in [5.74, 6) is 0.845. The van der Waals surface area contributed by atoms with Crippen molar-refractivity contribution in [2.24, 2.45) is 11.8 Å². The third kappa shape index (κ3) is 21.3. The number of hydrogen-bond acceptors (Lipinski definition) is 2. The van der Waals surface area contributed by atoms with Crippen LogP contribution in [0.3, 0.4) is 0 Å². The van der Waals surface area contributed by atoms with Crippen molar-refractivity contribution in [2.45, 2.75) is 188 Å². The van der Waals surface area contributed by atoms with Gasteiger partial charge < -0.3 is 4.74 Å². The minimum atomic E-state index is -0.225. The Morgan fingerprint density at radius 2 is 0.917 bits per heavy atom. The summed E-state index contributed by atoms with van der Waals surface area (Å²) in [6.07, 6.45) is 31.4. The molecule has 0 aliphatic rings. The second-order valence-electron chi connectivity index (χ2n) is 11.8. The second-order valence-corrected chi connectivity index (χ2v) is 11.8. The highest BCUT2D eigenvalue weighted by Crippen LogP contribution is 2.29. The first-order valence-corrected chi connectivity index (χ1v) is 16.3. The van der Waals surface area contributed by atoms with Crippen LogP contribution in [-0.2, 0) is 9.53 Å². The third-order valence-corrected chi connectivity index (χ3v) is 8.13. The Balaban J connectivity index is 4.19. The largest absolute Gasteiger partial charge is 0.459 e. The van der Waals surface area contributed by atoms with Crippen LogP contribution in [-0.4, -0.2) is 12.1 Å². The van der Waals surface area contributed by atoms with Crippen LogP contribution in [0.1, 0.15) is 182 Å². The summed E-state index contributed by atoms with van der Waals surface area (Å²) in [4.78, 5) is 12.2. The highest BCUT2D eigenvalue weighted by atomic mass is 16.5. The monoisotopic (exact) mass is 507 g/mol. The molecule has 0 spiro atoms. The van der Waals surface area contributed by atoms with Crippen molar-refractivity contribution in [3.63, 3.8) is 0 Å². The summed E-state index contributed by atoms with van der Waals surface area (Å²) in [5.41, 5.74) is 0.512. The Morgan fingerprint density at radius 3 is 1.28 bits per heavy atom. The molecule has 0 aromatic heterocycles. The molecule has 0 aromatic rings. The Labute approximate surface area is 227 Å². The molecule has 0 saturated heterocycles. The molecule has 0 aliphatic heterocycles. The van der Waals surface area contributed by atoms with E-state index >= 15 is 0 Å². The summed E-state index contributed by atoms with van der Waals surface area (Å²) in [6, 6.07) is 0. The van der Waals surface area contributed by atoms with Crippen molar-refractivity contribution in [3.8, 4) is 0 Å². The van der Waals surface area contributed by atoms with Gasteiger partial charge in [-0.3, -0.25) is 0 Å². The van der Waals surface area contributed by atoms with Crippen LogP contribution in [0.15, 0.2) is 12.2 Å². The molecule has 0 aliphatic carbocycles. The van der Waals surface area contributed by atoms with Crippen molar-refractivity contribution in [2.75, 3.05) is 0 Å². The predicted molar refractivity (Wildman–Crippen MR) is 161 cm³/mol. The van der Waals surface area contributed by atoms with Crippen LogP contribution in [0.25, 0.3) is 0 Å². The van der Waals surface area contributed by atoms with E-state index in [-0.39, 0.29) is 12.1 Å². The van der Waals surface area contributed by atoms with Crippen molar-refractivity contribution < 1.29 is 9.53 Å². The minimum Gasteiger partial charge on any atom is -0.459 e. The summed E-state index contributed by atoms with van der Waals surface area (Å²) in [6.45, 7) is 14.6. The van der Waals surface area contributed by atoms with Crippen molar-refractivity contribution in [1.29, 1.82) is 0 Å². The van der Waals surface area contributed by atoms with E-state index in [2.05, 4.69) is 34.3 Å². The lowest BCUT2D eigenvalue weighted by molar-refractivity contribution is -0.147. The molecule has 36 heavy (non-hydrogen) atoms. The van der Waals surface area contributed by atoms with Crippen molar-refractivity contribution >= 4 is 5.97 Å². The number of rotatable bonds is 27. The second kappa shape index (κ2) is 25.8. The van der Waals surface area contributed by atoms with E-state index in [4.69, 9.17) is 4.74 Å². The SMILES string of the molecule is C=C(C)C(=O)OC(C)C(CCCCCCCCCCCC)C(C)CCCCCCCCCCCCC. The fourth-order valence-electron chi connectivity index (χ4n) is 5.55. The van der Waals surface area contributed by atoms with Crippen LogP contribution < -0.4 is 0 Å². The van der Waals surface area contributed by atoms with Gasteiger partial charge in [0.2, 0.25) is 0 Å². The summed E-state index contributed by atoms with van der Waals surface area (Å²) >= 11 is 0. The quantitative estimate of drug-likeness (QED) is 0.0629. The highest BCUT2D eigenvalue weighted by molar-refractivity contribution is 5.87. The maximum atomic E-state index is 12.2. The number of esters is 1. The molecule has 3 atom stereocenters. The maximum absolute atomic E-state index is 12.2. The number of hydrogen-bond donors (Lipinski definition) is 0. The zero-order valence-electron chi connectivity index (χ0n) is 25.5. The van der Waals surface area contributed by atoms with E-state index in [1.54, 1.807) is 6.92 Å². The van der Waals surface area contributed by atoms with Gasteiger partial charge in [0.25, 0.3) is 0 Å². The zero-order chi connectivity index (χ0) is 26.9. The van der Waals surface area contributed by atoms with Gasteiger partial charge in [-0.15, -0.1) is 0 Å². The van der Waals surface area contributed by atoms with E-state index < -0.39 is 0 Å². The normalized spacial score (nSPS) is 13.9. The molecule has 2 nitrogen and oxygen atoms in total. The average molecular weight is 507 g/mol. The van der Waals surface area contributed by atoms with Gasteiger partial charge in [0.05, 0.1) is 0 Å². The van der Waals surface area contributed by atoms with Gasteiger partial charge in [0.1, 0.15) is 6.10 Å². The van der Waals surface area contributed by atoms with Crippen LogP contribution >= 0.6 is 0 Å². The lowest BCUT2D eigenvalue weighted by Gasteiger charge is -2.30. The molecule has 0 bridgehead atoms. The minimum absolute atomic E-state index is 0.0181. The predicted octanol–water partition coefficient (Wildman–Crippen LogP) is 11.8. The molecular formula is C34H66O2. The average Bonchev–Trinajstić information content (AvgIpc) is 2.85. The van der Waals surface area contributed by atoms with Gasteiger partial charge >= 0.3 is 5.97 Å². The topological polar surface area (TPSA) is 26.3 Å². The van der Waals surface area contributed by atoms with Gasteiger partial charge in [-0.25, -0.2) is 4.79 Å². The summed E-state index contributed by atoms with van der Waals surface area (Å²) in [5, 5.41) is 0. The summed E-state index contributed by atoms with van der Waals surface area (Å²) < 4.78 is 5.81. The molecule has 0 N–H and O–H groups in total. The maximum Gasteiger partial charge on any atom is 0.333 e. The molecule has 3 unspecified atom stereocenters. The Kier molecular flexibility index (Phi) is 25.3. The van der Waals surface area contributed by atoms with E-state index in [1.807, 2.05) is 0 Å². The Morgan fingerprint density at radius 1 is 0.583 bits per heavy atom. The highest BCUT2D eigenvalue weighted by Gasteiger charge is 2.26. The van der Waals surface area contributed by atoms with Crippen molar-refractivity contribution in [1.82, 2.24) is 0 Å². The fraction of sp³-hybridized carbons (Fsp3) is 0.912. The number of ether oxygens (including phenoxy) is 1. The molecule has 0 heterocycles. The van der Waals surface area contributed by atoms with Gasteiger partial charge in [0.15, 0.2) is 0 Å². The van der Waals surface area contributed by atoms with Crippen LogP contribution in [0.4, 0.5) is 0 Å². The summed E-state index contributed by atoms with van der Waals surface area (Å²) in [7, 11) is 0. The lowest BCUT2D eigenvalue weighted by atomic mass is 9.82. The van der Waals surface area contributed by atoms with Gasteiger partial charge in [-0.05, 0) is 32.1 Å². The van der Waals surface area contributed by atoms with E-state index in [9.17, 15) is 4.79 Å². The lowest BCUT2D eigenvalue weighted by Crippen LogP contribution is -2.29. The zero-order valence-corrected chi connectivity index (χ0v) is 25.5. The van der Waals surface area contributed by atoms with Gasteiger partial charge in [0, 0.05) is 5.57 Å². The number of carbonyl (C=O) groups is 1. The van der Waals surface area contributed by atoms with Crippen molar-refractivity contribution in [3.05, 3.63) is 12.2 Å². The van der Waals surface area contributed by atoms with E-state index in [0.29, 0.717) is 17.4 Å². The Bertz CT molecular complexity index is 497. The molecule has 0 saturated carbocycles. The first-order valence-electron chi connectivity index (χ1n) is 16.3. The van der Waals surface area contributed by atoms with E-state index in [1.165, 1.54) is 148 Å². The first kappa shape index (κ1) is 35.2. The molecule has 0 radical (unpaired) electrons. The standard InChI is InChI=1S/C34H66O2/c1-7-9-11-13-15-17-19-20-22-24-26-28-31(5)33(32(6)36-34(35)30(3)4)29-27-25-23-21-18-16-14-12-10-8-2/h31-33H,3,7-29H2,1-2,4-6H3. The molecule has 0 fully saturated rings. The smallest absolute Gasteiger partial charge is 0.333 e. The molecule has 0 aromatic carbocycles. The fourth-order valence-corrected chi connectivity index (χ4v) is 5.55. The number of unbranched alkanes of at least 4 members (excludes halogenated alkanes) is 19. The number of carbonyl (C=O) groups excluding carboxylic acids is 1. The Hall–Kier alpha value is -0.790.